The lowest BCUT2D eigenvalue weighted by atomic mass is 9.95. The molecule has 22 heavy (non-hydrogen) atoms. The summed E-state index contributed by atoms with van der Waals surface area (Å²) in [5, 5.41) is 15.0. The van der Waals surface area contributed by atoms with Gasteiger partial charge in [-0.3, -0.25) is 14.6 Å². The number of nitrogens with zero attached hydrogens (tertiary/aromatic N) is 2. The first kappa shape index (κ1) is 18.6. The van der Waals surface area contributed by atoms with Gasteiger partial charge in [-0.25, -0.2) is 4.98 Å². The van der Waals surface area contributed by atoms with Gasteiger partial charge in [-0.05, 0) is 19.8 Å². The van der Waals surface area contributed by atoms with Crippen molar-refractivity contribution in [3.05, 3.63) is 16.1 Å². The monoisotopic (exact) mass is 343 g/mol. The van der Waals surface area contributed by atoms with Crippen LogP contribution >= 0.6 is 23.1 Å². The minimum absolute atomic E-state index is 0.0144. The number of carbonyl (C=O) groups excluding carboxylic acids is 1. The van der Waals surface area contributed by atoms with Gasteiger partial charge in [-0.2, -0.15) is 0 Å². The minimum Gasteiger partial charge on any atom is -0.481 e. The highest BCUT2D eigenvalue weighted by atomic mass is 32.2. The topological polar surface area (TPSA) is 91.7 Å². The predicted octanol–water partition coefficient (Wildman–Crippen LogP) is 2.47. The fourth-order valence-corrected chi connectivity index (χ4v) is 3.74. The van der Waals surface area contributed by atoms with Crippen LogP contribution in [0.2, 0.25) is 0 Å². The molecule has 0 spiro atoms. The molecule has 1 amide bonds. The number of hydrogen-bond acceptors (Lipinski definition) is 6. The number of carboxylic acids is 1. The quantitative estimate of drug-likeness (QED) is 0.801. The lowest BCUT2D eigenvalue weighted by Gasteiger charge is -2.20. The second kappa shape index (κ2) is 8.89. The molecule has 1 unspecified atom stereocenters. The molecule has 1 aromatic heterocycles. The molecule has 6 nitrogen and oxygen atoms in total. The third-order valence-electron chi connectivity index (χ3n) is 3.11. The number of rotatable bonds is 5. The molecule has 0 radical (unpaired) electrons. The minimum atomic E-state index is -0.858. The van der Waals surface area contributed by atoms with Crippen LogP contribution in [-0.4, -0.2) is 38.9 Å². The Hall–Kier alpha value is -1.41. The molecule has 122 valence electrons. The van der Waals surface area contributed by atoms with E-state index in [9.17, 15) is 9.59 Å². The number of carboxylic acid groups (broad SMARTS) is 1. The Kier molecular flexibility index (Phi) is 7.53. The van der Waals surface area contributed by atoms with Crippen molar-refractivity contribution in [2.24, 2.45) is 4.99 Å². The van der Waals surface area contributed by atoms with Crippen molar-refractivity contribution in [3.8, 4) is 0 Å². The molecule has 0 saturated heterocycles. The Labute approximate surface area is 138 Å². The Morgan fingerprint density at radius 2 is 2.27 bits per heavy atom. The third-order valence-corrected chi connectivity index (χ3v) is 5.38. The van der Waals surface area contributed by atoms with E-state index in [1.54, 1.807) is 11.3 Å². The molecule has 0 aliphatic carbocycles. The highest BCUT2D eigenvalue weighted by Crippen LogP contribution is 2.32. The summed E-state index contributed by atoms with van der Waals surface area (Å²) in [7, 11) is 0. The van der Waals surface area contributed by atoms with Crippen LogP contribution in [0.4, 0.5) is 0 Å². The fraction of sp³-hybridized carbons (Fsp3) is 0.571. The normalized spacial score (nSPS) is 19.9. The van der Waals surface area contributed by atoms with E-state index < -0.39 is 11.5 Å². The van der Waals surface area contributed by atoms with Crippen LogP contribution in [0.15, 0.2) is 10.4 Å². The van der Waals surface area contributed by atoms with Crippen molar-refractivity contribution >= 4 is 40.6 Å². The second-order valence-corrected chi connectivity index (χ2v) is 6.76. The second-order valence-electron chi connectivity index (χ2n) is 4.85. The predicted molar refractivity (Wildman–Crippen MR) is 90.6 cm³/mol. The summed E-state index contributed by atoms with van der Waals surface area (Å²) >= 11 is 3.12. The SMILES string of the molecule is CCC1(CC(=O)O)CSC(NC=O)=N1.CCc1nc(C)cs1. The average molecular weight is 343 g/mol. The number of thioether (sulfide) groups is 1. The lowest BCUT2D eigenvalue weighted by molar-refractivity contribution is -0.138. The molecule has 1 aliphatic rings. The standard InChI is InChI=1S/C8H12N2O3S.C6H9NS/c1-2-8(3-6(12)13)4-14-7(10-8)9-5-11;1-3-6-7-5(2)4-8-6/h5H,2-4H2,1H3,(H,12,13)(H,9,10,11);4H,3H2,1-2H3. The molecular formula is C14H21N3O3S2. The summed E-state index contributed by atoms with van der Waals surface area (Å²) in [5.74, 6) is -0.241. The Balaban J connectivity index is 0.000000255. The van der Waals surface area contributed by atoms with Gasteiger partial charge < -0.3 is 10.4 Å². The number of aryl methyl sites for hydroxylation is 2. The molecule has 1 atom stereocenters. The third kappa shape index (κ3) is 5.76. The molecule has 2 rings (SSSR count). The number of aromatic nitrogens is 1. The van der Waals surface area contributed by atoms with Gasteiger partial charge >= 0.3 is 5.97 Å². The van der Waals surface area contributed by atoms with E-state index in [-0.39, 0.29) is 6.42 Å². The van der Waals surface area contributed by atoms with Crippen molar-refractivity contribution in [1.29, 1.82) is 0 Å². The van der Waals surface area contributed by atoms with Crippen LogP contribution in [-0.2, 0) is 16.0 Å². The Bertz CT molecular complexity index is 545. The summed E-state index contributed by atoms with van der Waals surface area (Å²) in [6, 6.07) is 0. The van der Waals surface area contributed by atoms with E-state index in [2.05, 4.69) is 27.6 Å². The van der Waals surface area contributed by atoms with Crippen LogP contribution in [0.1, 0.15) is 37.4 Å². The average Bonchev–Trinajstić information content (AvgIpc) is 3.07. The van der Waals surface area contributed by atoms with Gasteiger partial charge in [0.05, 0.1) is 17.0 Å². The highest BCUT2D eigenvalue weighted by molar-refractivity contribution is 8.14. The van der Waals surface area contributed by atoms with Crippen molar-refractivity contribution in [2.45, 2.75) is 45.6 Å². The molecule has 1 aliphatic heterocycles. The van der Waals surface area contributed by atoms with Crippen LogP contribution < -0.4 is 5.32 Å². The number of amidine groups is 1. The molecule has 0 aromatic carbocycles. The summed E-state index contributed by atoms with van der Waals surface area (Å²) in [4.78, 5) is 29.2. The van der Waals surface area contributed by atoms with Crippen LogP contribution in [0.3, 0.4) is 0 Å². The molecule has 1 aromatic rings. The van der Waals surface area contributed by atoms with E-state index >= 15 is 0 Å². The van der Waals surface area contributed by atoms with E-state index in [0.29, 0.717) is 23.8 Å². The maximum atomic E-state index is 10.6. The van der Waals surface area contributed by atoms with Gasteiger partial charge in [-0.1, -0.05) is 25.6 Å². The summed E-state index contributed by atoms with van der Waals surface area (Å²) < 4.78 is 0. The molecule has 0 bridgehead atoms. The molecule has 8 heteroatoms. The number of thiazole rings is 1. The number of aliphatic carboxylic acids is 1. The van der Waals surface area contributed by atoms with E-state index in [4.69, 9.17) is 5.11 Å². The van der Waals surface area contributed by atoms with E-state index in [1.807, 2.05) is 13.8 Å². The Morgan fingerprint density at radius 1 is 1.55 bits per heavy atom. The van der Waals surface area contributed by atoms with Gasteiger partial charge in [-0.15, -0.1) is 11.3 Å². The van der Waals surface area contributed by atoms with Crippen LogP contribution in [0.25, 0.3) is 0 Å². The zero-order valence-corrected chi connectivity index (χ0v) is 14.6. The number of carbonyl (C=O) groups is 2. The summed E-state index contributed by atoms with van der Waals surface area (Å²) in [5.41, 5.74) is 0.605. The number of hydrogen-bond donors (Lipinski definition) is 2. The fourth-order valence-electron chi connectivity index (χ4n) is 1.85. The first-order chi connectivity index (χ1) is 10.4. The number of nitrogens with one attached hydrogen (secondary N) is 1. The van der Waals surface area contributed by atoms with Gasteiger partial charge in [0.2, 0.25) is 6.41 Å². The zero-order valence-electron chi connectivity index (χ0n) is 13.0. The van der Waals surface area contributed by atoms with Gasteiger partial charge in [0.15, 0.2) is 5.17 Å². The van der Waals surface area contributed by atoms with Gasteiger partial charge in [0, 0.05) is 16.8 Å². The maximum absolute atomic E-state index is 10.6. The molecule has 0 fully saturated rings. The summed E-state index contributed by atoms with van der Waals surface area (Å²) in [6.07, 6.45) is 2.30. The van der Waals surface area contributed by atoms with Crippen molar-refractivity contribution in [3.63, 3.8) is 0 Å². The van der Waals surface area contributed by atoms with Crippen molar-refractivity contribution in [2.75, 3.05) is 5.75 Å². The highest BCUT2D eigenvalue weighted by Gasteiger charge is 2.36. The smallest absolute Gasteiger partial charge is 0.305 e. The van der Waals surface area contributed by atoms with Crippen LogP contribution in [0, 0.1) is 6.92 Å². The van der Waals surface area contributed by atoms with E-state index in [0.717, 1.165) is 12.1 Å². The largest absolute Gasteiger partial charge is 0.481 e. The first-order valence-electron chi connectivity index (χ1n) is 7.00. The van der Waals surface area contributed by atoms with Crippen molar-refractivity contribution < 1.29 is 14.7 Å². The molecular weight excluding hydrogens is 322 g/mol. The number of aliphatic imine (C=N–C) groups is 1. The molecule has 2 heterocycles. The maximum Gasteiger partial charge on any atom is 0.305 e. The molecule has 0 saturated carbocycles. The van der Waals surface area contributed by atoms with Crippen molar-refractivity contribution in [1.82, 2.24) is 10.3 Å². The van der Waals surface area contributed by atoms with Gasteiger partial charge in [0.25, 0.3) is 0 Å². The zero-order chi connectivity index (χ0) is 16.6. The molecule has 2 N–H and O–H groups in total. The van der Waals surface area contributed by atoms with Gasteiger partial charge in [0.1, 0.15) is 0 Å². The van der Waals surface area contributed by atoms with E-state index in [1.165, 1.54) is 16.8 Å². The first-order valence-corrected chi connectivity index (χ1v) is 8.87. The van der Waals surface area contributed by atoms with Crippen LogP contribution in [0.5, 0.6) is 0 Å². The Morgan fingerprint density at radius 3 is 2.68 bits per heavy atom. The lowest BCUT2D eigenvalue weighted by Crippen LogP contribution is -2.29. The number of amides is 1. The summed E-state index contributed by atoms with van der Waals surface area (Å²) in [6.45, 7) is 6.05.